The van der Waals surface area contributed by atoms with E-state index < -0.39 is 11.4 Å². The highest BCUT2D eigenvalue weighted by atomic mass is 19.1. The number of carbonyl (C=O) groups excluding carboxylic acids is 1. The van der Waals surface area contributed by atoms with Gasteiger partial charge in [0.2, 0.25) is 0 Å². The van der Waals surface area contributed by atoms with Crippen molar-refractivity contribution in [3.05, 3.63) is 47.8 Å². The summed E-state index contributed by atoms with van der Waals surface area (Å²) in [6, 6.07) is 3.03. The summed E-state index contributed by atoms with van der Waals surface area (Å²) in [7, 11) is 0. The lowest BCUT2D eigenvalue weighted by molar-refractivity contribution is -0.00257. The molecule has 4 rings (SSSR count). The highest BCUT2D eigenvalue weighted by molar-refractivity contribution is 5.94. The van der Waals surface area contributed by atoms with Gasteiger partial charge < -0.3 is 10.4 Å². The number of hydrogen-bond donors (Lipinski definition) is 2. The van der Waals surface area contributed by atoms with Gasteiger partial charge in [0.15, 0.2) is 11.6 Å². The molecule has 0 saturated heterocycles. The van der Waals surface area contributed by atoms with E-state index in [0.717, 1.165) is 36.8 Å². The van der Waals surface area contributed by atoms with Crippen LogP contribution >= 0.6 is 0 Å². The average molecular weight is 411 g/mol. The van der Waals surface area contributed by atoms with Crippen molar-refractivity contribution in [1.82, 2.24) is 25.1 Å². The molecule has 1 saturated carbocycles. The van der Waals surface area contributed by atoms with Crippen molar-refractivity contribution in [2.75, 3.05) is 0 Å². The molecule has 0 spiro atoms. The molecule has 1 fully saturated rings. The first-order valence-electron chi connectivity index (χ1n) is 10.2. The topological polar surface area (TPSA) is 92.9 Å². The van der Waals surface area contributed by atoms with Gasteiger partial charge in [-0.15, -0.1) is 0 Å². The number of pyridine rings is 2. The van der Waals surface area contributed by atoms with Gasteiger partial charge in [0, 0.05) is 23.8 Å². The molecular weight excluding hydrogens is 385 g/mol. The number of nitrogens with zero attached hydrogens (tertiary/aromatic N) is 4. The van der Waals surface area contributed by atoms with Crippen molar-refractivity contribution >= 4 is 16.8 Å². The number of aryl methyl sites for hydroxylation is 1. The summed E-state index contributed by atoms with van der Waals surface area (Å²) >= 11 is 0. The number of aromatic nitrogens is 4. The average Bonchev–Trinajstić information content (AvgIpc) is 3.04. The maximum absolute atomic E-state index is 14.8. The van der Waals surface area contributed by atoms with Crippen molar-refractivity contribution in [3.8, 4) is 5.82 Å². The smallest absolute Gasteiger partial charge is 0.253 e. The van der Waals surface area contributed by atoms with Gasteiger partial charge in [-0.1, -0.05) is 0 Å². The lowest BCUT2D eigenvalue weighted by Gasteiger charge is -2.36. The molecular formula is C22H26FN5O2. The molecule has 8 heteroatoms. The predicted octanol–water partition coefficient (Wildman–Crippen LogP) is 3.32. The minimum Gasteiger partial charge on any atom is -0.390 e. The molecule has 3 aromatic heterocycles. The Bertz CT molecular complexity index is 1080. The number of halogens is 1. The Morgan fingerprint density at radius 2 is 2.00 bits per heavy atom. The maximum atomic E-state index is 14.8. The number of rotatable bonds is 4. The third-order valence-electron chi connectivity index (χ3n) is 6.01. The number of aliphatic hydroxyl groups is 1. The number of fused-ring (bicyclic) bond motifs is 1. The molecule has 30 heavy (non-hydrogen) atoms. The Morgan fingerprint density at radius 1 is 1.27 bits per heavy atom. The maximum Gasteiger partial charge on any atom is 0.253 e. The number of amides is 1. The molecule has 2 N–H and O–H groups in total. The summed E-state index contributed by atoms with van der Waals surface area (Å²) in [4.78, 5) is 20.9. The molecule has 1 aliphatic carbocycles. The summed E-state index contributed by atoms with van der Waals surface area (Å²) in [6.07, 6.45) is 7.92. The van der Waals surface area contributed by atoms with Crippen LogP contribution in [-0.4, -0.2) is 42.4 Å². The first kappa shape index (κ1) is 20.4. The standard InChI is InChI=1S/C22H26FN5O2/c1-13-17-8-9-24-12-19(17)28(27-13)20-18(23)10-14(11-25-20)21(29)26-16-6-4-15(5-7-16)22(2,3)30/h8-12,15-16,30H,4-7H2,1-3H3,(H,26,29). The van der Waals surface area contributed by atoms with Gasteiger partial charge in [-0.25, -0.2) is 14.1 Å². The Morgan fingerprint density at radius 3 is 2.67 bits per heavy atom. The normalized spacial score (nSPS) is 19.8. The molecule has 0 atom stereocenters. The molecule has 1 aliphatic rings. The molecule has 0 aliphatic heterocycles. The minimum absolute atomic E-state index is 0.0163. The minimum atomic E-state index is -0.706. The van der Waals surface area contributed by atoms with Crippen LogP contribution in [0.5, 0.6) is 0 Å². The van der Waals surface area contributed by atoms with E-state index in [9.17, 15) is 14.3 Å². The fourth-order valence-electron chi connectivity index (χ4n) is 4.20. The van der Waals surface area contributed by atoms with Crippen LogP contribution in [0.25, 0.3) is 16.7 Å². The van der Waals surface area contributed by atoms with Crippen LogP contribution in [-0.2, 0) is 0 Å². The first-order valence-corrected chi connectivity index (χ1v) is 10.2. The largest absolute Gasteiger partial charge is 0.390 e. The van der Waals surface area contributed by atoms with Crippen molar-refractivity contribution in [2.45, 2.75) is 58.1 Å². The van der Waals surface area contributed by atoms with Gasteiger partial charge in [0.1, 0.15) is 0 Å². The summed E-state index contributed by atoms with van der Waals surface area (Å²) in [5.74, 6) is -0.710. The Labute approximate surface area is 174 Å². The van der Waals surface area contributed by atoms with Crippen LogP contribution < -0.4 is 5.32 Å². The van der Waals surface area contributed by atoms with Gasteiger partial charge in [-0.2, -0.15) is 5.10 Å². The zero-order valence-corrected chi connectivity index (χ0v) is 17.4. The summed E-state index contributed by atoms with van der Waals surface area (Å²) in [5, 5.41) is 18.4. The van der Waals surface area contributed by atoms with Crippen molar-refractivity contribution in [3.63, 3.8) is 0 Å². The zero-order valence-electron chi connectivity index (χ0n) is 17.4. The lowest BCUT2D eigenvalue weighted by Crippen LogP contribution is -2.41. The quantitative estimate of drug-likeness (QED) is 0.687. The SMILES string of the molecule is Cc1nn(-c2ncc(C(=O)NC3CCC(C(C)(C)O)CC3)cc2F)c2cnccc12. The van der Waals surface area contributed by atoms with Crippen LogP contribution in [0.15, 0.2) is 30.7 Å². The molecule has 3 aromatic rings. The van der Waals surface area contributed by atoms with Crippen LogP contribution in [0.2, 0.25) is 0 Å². The van der Waals surface area contributed by atoms with Crippen LogP contribution in [0.4, 0.5) is 4.39 Å². The molecule has 0 radical (unpaired) electrons. The second kappa shape index (κ2) is 7.75. The Kier molecular flexibility index (Phi) is 5.27. The molecule has 3 heterocycles. The fraction of sp³-hybridized carbons (Fsp3) is 0.455. The van der Waals surface area contributed by atoms with E-state index in [1.54, 1.807) is 12.4 Å². The molecule has 158 valence electrons. The van der Waals surface area contributed by atoms with Gasteiger partial charge >= 0.3 is 0 Å². The fourth-order valence-corrected chi connectivity index (χ4v) is 4.20. The lowest BCUT2D eigenvalue weighted by atomic mass is 9.77. The molecule has 0 unspecified atom stereocenters. The molecule has 1 amide bonds. The van der Waals surface area contributed by atoms with Crippen molar-refractivity contribution < 1.29 is 14.3 Å². The van der Waals surface area contributed by atoms with E-state index in [0.29, 0.717) is 5.52 Å². The monoisotopic (exact) mass is 411 g/mol. The number of nitrogens with one attached hydrogen (secondary N) is 1. The Balaban J connectivity index is 1.49. The Hall–Kier alpha value is -2.87. The van der Waals surface area contributed by atoms with Gasteiger partial charge in [-0.05, 0) is 64.5 Å². The summed E-state index contributed by atoms with van der Waals surface area (Å²) in [6.45, 7) is 5.49. The summed E-state index contributed by atoms with van der Waals surface area (Å²) < 4.78 is 16.3. The zero-order chi connectivity index (χ0) is 21.5. The van der Waals surface area contributed by atoms with E-state index >= 15 is 0 Å². The molecule has 7 nitrogen and oxygen atoms in total. The molecule has 0 aromatic carbocycles. The third-order valence-corrected chi connectivity index (χ3v) is 6.01. The second-order valence-corrected chi connectivity index (χ2v) is 8.60. The van der Waals surface area contributed by atoms with E-state index in [1.165, 1.54) is 16.9 Å². The first-order chi connectivity index (χ1) is 14.2. The van der Waals surface area contributed by atoms with E-state index in [1.807, 2.05) is 26.8 Å². The third kappa shape index (κ3) is 3.92. The highest BCUT2D eigenvalue weighted by Gasteiger charge is 2.32. The highest BCUT2D eigenvalue weighted by Crippen LogP contribution is 2.32. The van der Waals surface area contributed by atoms with Gasteiger partial charge in [-0.3, -0.25) is 9.78 Å². The van der Waals surface area contributed by atoms with Crippen LogP contribution in [0.3, 0.4) is 0 Å². The van der Waals surface area contributed by atoms with Crippen molar-refractivity contribution in [2.24, 2.45) is 5.92 Å². The summed E-state index contributed by atoms with van der Waals surface area (Å²) in [5.41, 5.74) is 0.869. The van der Waals surface area contributed by atoms with Crippen LogP contribution in [0, 0.1) is 18.7 Å². The van der Waals surface area contributed by atoms with Crippen molar-refractivity contribution in [1.29, 1.82) is 0 Å². The molecule has 0 bridgehead atoms. The predicted molar refractivity (Wildman–Crippen MR) is 111 cm³/mol. The number of carbonyl (C=O) groups is 1. The van der Waals surface area contributed by atoms with E-state index in [-0.39, 0.29) is 29.2 Å². The van der Waals surface area contributed by atoms with Crippen LogP contribution in [0.1, 0.15) is 55.6 Å². The van der Waals surface area contributed by atoms with E-state index in [4.69, 9.17) is 0 Å². The number of hydrogen-bond acceptors (Lipinski definition) is 5. The van der Waals surface area contributed by atoms with Gasteiger partial charge in [0.25, 0.3) is 5.91 Å². The van der Waals surface area contributed by atoms with Gasteiger partial charge in [0.05, 0.1) is 28.6 Å². The van der Waals surface area contributed by atoms with E-state index in [2.05, 4.69) is 20.4 Å². The second-order valence-electron chi connectivity index (χ2n) is 8.60.